The summed E-state index contributed by atoms with van der Waals surface area (Å²) >= 11 is 0. The van der Waals surface area contributed by atoms with E-state index in [1.54, 1.807) is 6.92 Å². The van der Waals surface area contributed by atoms with Crippen molar-refractivity contribution in [2.24, 2.45) is 0 Å². The maximum Gasteiger partial charge on any atom is 0.431 e. The normalized spacial score (nSPS) is 12.1. The highest BCUT2D eigenvalue weighted by Gasteiger charge is 2.35. The number of fused-ring (bicyclic) bond motifs is 1. The molecule has 18 heavy (non-hydrogen) atoms. The Hall–Kier alpha value is -1.85. The number of aryl methyl sites for hydroxylation is 1. The predicted octanol–water partition coefficient (Wildman–Crippen LogP) is 3.30. The van der Waals surface area contributed by atoms with Crippen molar-refractivity contribution in [1.29, 1.82) is 0 Å². The van der Waals surface area contributed by atoms with Crippen LogP contribution in [0, 0.1) is 19.7 Å². The van der Waals surface area contributed by atoms with E-state index in [-0.39, 0.29) is 5.39 Å². The van der Waals surface area contributed by atoms with Crippen LogP contribution in [0.4, 0.5) is 17.6 Å². The van der Waals surface area contributed by atoms with Crippen molar-refractivity contribution in [3.63, 3.8) is 0 Å². The smallest absolute Gasteiger partial charge is 0.348 e. The molecule has 0 radical (unpaired) electrons. The van der Waals surface area contributed by atoms with E-state index in [2.05, 4.69) is 0 Å². The summed E-state index contributed by atoms with van der Waals surface area (Å²) < 4.78 is 51.6. The lowest BCUT2D eigenvalue weighted by Gasteiger charge is -2.12. The summed E-state index contributed by atoms with van der Waals surface area (Å²) in [5.41, 5.74) is -2.41. The minimum atomic E-state index is -4.71. The van der Waals surface area contributed by atoms with Gasteiger partial charge in [0, 0.05) is 10.9 Å². The zero-order chi connectivity index (χ0) is 13.7. The average molecular weight is 259 g/mol. The molecule has 0 saturated carbocycles. The minimum absolute atomic E-state index is 0.0713. The van der Waals surface area contributed by atoms with Crippen LogP contribution in [0.5, 0.6) is 0 Å². The summed E-state index contributed by atoms with van der Waals surface area (Å²) in [5.74, 6) is -0.868. The van der Waals surface area contributed by atoms with Crippen LogP contribution in [0.2, 0.25) is 0 Å². The first-order valence-electron chi connectivity index (χ1n) is 5.11. The van der Waals surface area contributed by atoms with Crippen LogP contribution in [0.1, 0.15) is 16.8 Å². The summed E-state index contributed by atoms with van der Waals surface area (Å²) in [6.07, 6.45) is -4.71. The summed E-state index contributed by atoms with van der Waals surface area (Å²) in [6.45, 7) is 2.64. The third-order valence-electron chi connectivity index (χ3n) is 2.73. The third-order valence-corrected chi connectivity index (χ3v) is 2.73. The Labute approximate surface area is 99.3 Å². The van der Waals surface area contributed by atoms with Gasteiger partial charge >= 0.3 is 6.18 Å². The van der Waals surface area contributed by atoms with Crippen molar-refractivity contribution in [2.75, 3.05) is 0 Å². The minimum Gasteiger partial charge on any atom is -0.348 e. The van der Waals surface area contributed by atoms with Crippen LogP contribution < -0.4 is 5.43 Å². The average Bonchev–Trinajstić information content (AvgIpc) is 2.22. The SMILES string of the molecule is Cc1cc(F)c2[nH]c(C(F)(F)F)c(C)c(=O)c2c1. The Morgan fingerprint density at radius 3 is 2.33 bits per heavy atom. The number of H-pyrrole nitrogens is 1. The van der Waals surface area contributed by atoms with Gasteiger partial charge < -0.3 is 4.98 Å². The molecular weight excluding hydrogens is 250 g/mol. The third kappa shape index (κ3) is 1.87. The number of hydrogen-bond donors (Lipinski definition) is 1. The number of aromatic nitrogens is 1. The van der Waals surface area contributed by atoms with E-state index in [0.29, 0.717) is 5.56 Å². The Morgan fingerprint density at radius 1 is 1.17 bits per heavy atom. The van der Waals surface area contributed by atoms with Gasteiger partial charge in [0.15, 0.2) is 5.43 Å². The molecule has 0 aliphatic heterocycles. The first kappa shape index (κ1) is 12.6. The van der Waals surface area contributed by atoms with Gasteiger partial charge in [-0.1, -0.05) is 0 Å². The van der Waals surface area contributed by atoms with Crippen LogP contribution in [-0.2, 0) is 6.18 Å². The first-order chi connectivity index (χ1) is 8.21. The van der Waals surface area contributed by atoms with Crippen LogP contribution in [-0.4, -0.2) is 4.98 Å². The van der Waals surface area contributed by atoms with Crippen LogP contribution in [0.25, 0.3) is 10.9 Å². The molecule has 1 heterocycles. The van der Waals surface area contributed by atoms with Crippen molar-refractivity contribution >= 4 is 10.9 Å². The lowest BCUT2D eigenvalue weighted by Crippen LogP contribution is -2.19. The molecule has 0 saturated heterocycles. The number of benzene rings is 1. The van der Waals surface area contributed by atoms with Crippen molar-refractivity contribution in [2.45, 2.75) is 20.0 Å². The molecule has 0 amide bonds. The predicted molar refractivity (Wildman–Crippen MR) is 59.0 cm³/mol. The molecule has 0 aliphatic rings. The Bertz CT molecular complexity index is 685. The fourth-order valence-corrected chi connectivity index (χ4v) is 1.87. The summed E-state index contributed by atoms with van der Waals surface area (Å²) in [6, 6.07) is 2.44. The first-order valence-corrected chi connectivity index (χ1v) is 5.11. The second-order valence-electron chi connectivity index (χ2n) is 4.12. The molecule has 0 fully saturated rings. The fraction of sp³-hybridized carbons (Fsp3) is 0.250. The zero-order valence-electron chi connectivity index (χ0n) is 9.57. The number of hydrogen-bond acceptors (Lipinski definition) is 1. The van der Waals surface area contributed by atoms with Crippen molar-refractivity contribution in [3.05, 3.63) is 45.0 Å². The molecule has 0 spiro atoms. The number of rotatable bonds is 0. The second kappa shape index (κ2) is 3.83. The zero-order valence-corrected chi connectivity index (χ0v) is 9.57. The van der Waals surface area contributed by atoms with Crippen LogP contribution in [0.3, 0.4) is 0 Å². The van der Waals surface area contributed by atoms with Crippen molar-refractivity contribution in [1.82, 2.24) is 4.98 Å². The molecule has 1 aromatic carbocycles. The lowest BCUT2D eigenvalue weighted by atomic mass is 10.1. The van der Waals surface area contributed by atoms with Crippen molar-refractivity contribution < 1.29 is 17.6 Å². The molecular formula is C12H9F4NO. The molecule has 0 bridgehead atoms. The van der Waals surface area contributed by atoms with Gasteiger partial charge in [0.2, 0.25) is 0 Å². The van der Waals surface area contributed by atoms with Gasteiger partial charge in [0.1, 0.15) is 11.5 Å². The molecule has 0 atom stereocenters. The molecule has 0 unspecified atom stereocenters. The largest absolute Gasteiger partial charge is 0.431 e. The van der Waals surface area contributed by atoms with E-state index in [0.717, 1.165) is 13.0 Å². The van der Waals surface area contributed by atoms with Gasteiger partial charge in [0.25, 0.3) is 0 Å². The fourth-order valence-electron chi connectivity index (χ4n) is 1.87. The lowest BCUT2D eigenvalue weighted by molar-refractivity contribution is -0.141. The molecule has 2 nitrogen and oxygen atoms in total. The number of alkyl halides is 3. The van der Waals surface area contributed by atoms with Gasteiger partial charge in [-0.2, -0.15) is 13.2 Å². The number of aromatic amines is 1. The van der Waals surface area contributed by atoms with Crippen molar-refractivity contribution in [3.8, 4) is 0 Å². The number of nitrogens with one attached hydrogen (secondary N) is 1. The second-order valence-corrected chi connectivity index (χ2v) is 4.12. The van der Waals surface area contributed by atoms with E-state index in [9.17, 15) is 22.4 Å². The Balaban J connectivity index is 2.98. The van der Waals surface area contributed by atoms with E-state index in [1.165, 1.54) is 6.07 Å². The van der Waals surface area contributed by atoms with Gasteiger partial charge in [0.05, 0.1) is 5.52 Å². The van der Waals surface area contributed by atoms with Crippen LogP contribution in [0.15, 0.2) is 16.9 Å². The van der Waals surface area contributed by atoms with E-state index in [4.69, 9.17) is 0 Å². The standard InChI is InChI=1S/C12H9F4NO/c1-5-3-7-9(8(13)4-5)17-11(12(14,15)16)6(2)10(7)18/h3-4H,1-2H3,(H,17,18). The van der Waals surface area contributed by atoms with Crippen LogP contribution >= 0.6 is 0 Å². The highest BCUT2D eigenvalue weighted by molar-refractivity contribution is 5.80. The highest BCUT2D eigenvalue weighted by Crippen LogP contribution is 2.30. The van der Waals surface area contributed by atoms with Gasteiger partial charge in [-0.05, 0) is 31.5 Å². The monoisotopic (exact) mass is 259 g/mol. The Morgan fingerprint density at radius 2 is 1.78 bits per heavy atom. The highest BCUT2D eigenvalue weighted by atomic mass is 19.4. The summed E-state index contributed by atoms with van der Waals surface area (Å²) in [7, 11) is 0. The summed E-state index contributed by atoms with van der Waals surface area (Å²) in [5, 5.41) is -0.0713. The molecule has 2 aromatic rings. The van der Waals surface area contributed by atoms with Gasteiger partial charge in [-0.15, -0.1) is 0 Å². The number of halogens is 4. The maximum atomic E-state index is 13.6. The summed E-state index contributed by atoms with van der Waals surface area (Å²) in [4.78, 5) is 13.8. The van der Waals surface area contributed by atoms with Gasteiger partial charge in [-0.25, -0.2) is 4.39 Å². The van der Waals surface area contributed by atoms with E-state index in [1.807, 2.05) is 4.98 Å². The van der Waals surface area contributed by atoms with E-state index < -0.39 is 34.2 Å². The molecule has 2 rings (SSSR count). The quantitative estimate of drug-likeness (QED) is 0.723. The molecule has 96 valence electrons. The van der Waals surface area contributed by atoms with Gasteiger partial charge in [-0.3, -0.25) is 4.79 Å². The Kier molecular flexibility index (Phi) is 2.68. The maximum absolute atomic E-state index is 13.6. The number of pyridine rings is 1. The molecule has 1 aromatic heterocycles. The molecule has 1 N–H and O–H groups in total. The molecule has 6 heteroatoms. The molecule has 0 aliphatic carbocycles. The topological polar surface area (TPSA) is 32.9 Å². The van der Waals surface area contributed by atoms with E-state index >= 15 is 0 Å².